The Morgan fingerprint density at radius 3 is 2.64 bits per heavy atom. The Morgan fingerprint density at radius 2 is 2.14 bits per heavy atom. The van der Waals surface area contributed by atoms with Crippen molar-refractivity contribution in [1.82, 2.24) is 0 Å². The first-order valence-electron chi connectivity index (χ1n) is 3.96. The third-order valence-corrected chi connectivity index (χ3v) is 1.78. The quantitative estimate of drug-likeness (QED) is 0.662. The fourth-order valence-corrected chi connectivity index (χ4v) is 1.06. The fourth-order valence-electron chi connectivity index (χ4n) is 1.06. The molecule has 0 spiro atoms. The highest BCUT2D eigenvalue weighted by Gasteiger charge is 2.11. The standard InChI is InChI=1S/C9H10FNO3/c10-7-2-5(8(12)4-11)1-6(3-7)9(13)14/h1-3,8,12H,4,11H2,(H,13,14). The predicted octanol–water partition coefficient (Wildman–Crippen LogP) is 0.516. The Bertz CT molecular complexity index is 354. The second-order valence-electron chi connectivity index (χ2n) is 2.83. The molecule has 0 fully saturated rings. The number of aromatic carboxylic acids is 1. The highest BCUT2D eigenvalue weighted by atomic mass is 19.1. The molecule has 14 heavy (non-hydrogen) atoms. The molecule has 0 aliphatic carbocycles. The van der Waals surface area contributed by atoms with E-state index in [1.54, 1.807) is 0 Å². The van der Waals surface area contributed by atoms with Crippen LogP contribution in [0.4, 0.5) is 4.39 Å². The maximum absolute atomic E-state index is 12.9. The Balaban J connectivity index is 3.13. The van der Waals surface area contributed by atoms with Crippen LogP contribution in [0.5, 0.6) is 0 Å². The van der Waals surface area contributed by atoms with Gasteiger partial charge in [0.05, 0.1) is 11.7 Å². The second kappa shape index (κ2) is 4.17. The average Bonchev–Trinajstić information content (AvgIpc) is 2.15. The Kier molecular flexibility index (Phi) is 3.16. The van der Waals surface area contributed by atoms with E-state index in [4.69, 9.17) is 10.8 Å². The van der Waals surface area contributed by atoms with Gasteiger partial charge in [-0.15, -0.1) is 0 Å². The van der Waals surface area contributed by atoms with E-state index in [1.165, 1.54) is 6.07 Å². The van der Waals surface area contributed by atoms with E-state index in [1.807, 2.05) is 0 Å². The van der Waals surface area contributed by atoms with E-state index < -0.39 is 17.9 Å². The summed E-state index contributed by atoms with van der Waals surface area (Å²) in [4.78, 5) is 10.5. The van der Waals surface area contributed by atoms with E-state index >= 15 is 0 Å². The number of rotatable bonds is 3. The van der Waals surface area contributed by atoms with Crippen LogP contribution < -0.4 is 5.73 Å². The van der Waals surface area contributed by atoms with Crippen LogP contribution >= 0.6 is 0 Å². The molecule has 4 N–H and O–H groups in total. The summed E-state index contributed by atoms with van der Waals surface area (Å²) < 4.78 is 12.9. The van der Waals surface area contributed by atoms with E-state index in [2.05, 4.69) is 0 Å². The molecule has 76 valence electrons. The second-order valence-corrected chi connectivity index (χ2v) is 2.83. The summed E-state index contributed by atoms with van der Waals surface area (Å²) in [6, 6.07) is 3.14. The molecule has 0 bridgehead atoms. The van der Waals surface area contributed by atoms with Crippen LogP contribution in [0.3, 0.4) is 0 Å². The number of nitrogens with two attached hydrogens (primary N) is 1. The molecule has 1 unspecified atom stereocenters. The predicted molar refractivity (Wildman–Crippen MR) is 47.4 cm³/mol. The lowest BCUT2D eigenvalue weighted by atomic mass is 10.1. The van der Waals surface area contributed by atoms with Crippen LogP contribution in [-0.4, -0.2) is 22.7 Å². The molecule has 1 atom stereocenters. The summed E-state index contributed by atoms with van der Waals surface area (Å²) in [5, 5.41) is 17.9. The summed E-state index contributed by atoms with van der Waals surface area (Å²) in [5.41, 5.74) is 5.13. The largest absolute Gasteiger partial charge is 0.478 e. The highest BCUT2D eigenvalue weighted by Crippen LogP contribution is 2.15. The zero-order valence-electron chi connectivity index (χ0n) is 7.27. The lowest BCUT2D eigenvalue weighted by Gasteiger charge is -2.08. The van der Waals surface area contributed by atoms with Gasteiger partial charge >= 0.3 is 5.97 Å². The lowest BCUT2D eigenvalue weighted by Crippen LogP contribution is -2.12. The van der Waals surface area contributed by atoms with Crippen molar-refractivity contribution in [2.24, 2.45) is 5.73 Å². The number of carbonyl (C=O) groups is 1. The monoisotopic (exact) mass is 199 g/mol. The van der Waals surface area contributed by atoms with Gasteiger partial charge in [0, 0.05) is 6.54 Å². The van der Waals surface area contributed by atoms with Gasteiger partial charge in [0.25, 0.3) is 0 Å². The number of benzene rings is 1. The van der Waals surface area contributed by atoms with Gasteiger partial charge in [-0.1, -0.05) is 0 Å². The first kappa shape index (κ1) is 10.6. The molecule has 0 radical (unpaired) electrons. The van der Waals surface area contributed by atoms with E-state index in [-0.39, 0.29) is 17.7 Å². The van der Waals surface area contributed by atoms with Crippen LogP contribution in [0.1, 0.15) is 22.0 Å². The Hall–Kier alpha value is -1.46. The van der Waals surface area contributed by atoms with Crippen molar-refractivity contribution in [3.63, 3.8) is 0 Å². The fraction of sp³-hybridized carbons (Fsp3) is 0.222. The van der Waals surface area contributed by atoms with Crippen molar-refractivity contribution in [3.8, 4) is 0 Å². The van der Waals surface area contributed by atoms with Gasteiger partial charge in [-0.3, -0.25) is 0 Å². The van der Waals surface area contributed by atoms with Gasteiger partial charge < -0.3 is 15.9 Å². The van der Waals surface area contributed by atoms with Crippen molar-refractivity contribution in [3.05, 3.63) is 35.1 Å². The summed E-state index contributed by atoms with van der Waals surface area (Å²) >= 11 is 0. The molecule has 0 aliphatic heterocycles. The topological polar surface area (TPSA) is 83.5 Å². The number of halogens is 1. The molecule has 5 heteroatoms. The molecule has 1 rings (SSSR count). The third kappa shape index (κ3) is 2.27. The number of carboxylic acid groups (broad SMARTS) is 1. The van der Waals surface area contributed by atoms with Crippen molar-refractivity contribution in [1.29, 1.82) is 0 Å². The molecule has 0 heterocycles. The van der Waals surface area contributed by atoms with Crippen molar-refractivity contribution in [2.45, 2.75) is 6.10 Å². The van der Waals surface area contributed by atoms with Gasteiger partial charge in [-0.05, 0) is 23.8 Å². The van der Waals surface area contributed by atoms with Gasteiger partial charge in [-0.2, -0.15) is 0 Å². The molecule has 0 aliphatic rings. The summed E-state index contributed by atoms with van der Waals surface area (Å²) in [5.74, 6) is -1.94. The zero-order valence-corrected chi connectivity index (χ0v) is 7.27. The van der Waals surface area contributed by atoms with Crippen LogP contribution in [0.25, 0.3) is 0 Å². The summed E-state index contributed by atoms with van der Waals surface area (Å²) in [7, 11) is 0. The molecule has 1 aromatic carbocycles. The molecule has 1 aromatic rings. The van der Waals surface area contributed by atoms with Crippen molar-refractivity contribution < 1.29 is 19.4 Å². The number of hydrogen-bond acceptors (Lipinski definition) is 3. The molecule has 0 aromatic heterocycles. The number of aliphatic hydroxyl groups excluding tert-OH is 1. The zero-order chi connectivity index (χ0) is 10.7. The van der Waals surface area contributed by atoms with Gasteiger partial charge in [0.2, 0.25) is 0 Å². The maximum atomic E-state index is 12.9. The molecular weight excluding hydrogens is 189 g/mol. The minimum atomic E-state index is -1.24. The summed E-state index contributed by atoms with van der Waals surface area (Å²) in [6.07, 6.45) is -1.04. The van der Waals surface area contributed by atoms with E-state index in [0.717, 1.165) is 12.1 Å². The normalized spacial score (nSPS) is 12.5. The minimum absolute atomic E-state index is 0.0808. The first-order chi connectivity index (χ1) is 6.54. The Labute approximate surface area is 79.8 Å². The first-order valence-corrected chi connectivity index (χ1v) is 3.96. The van der Waals surface area contributed by atoms with Crippen molar-refractivity contribution >= 4 is 5.97 Å². The molecular formula is C9H10FNO3. The molecule has 0 saturated carbocycles. The number of hydrogen-bond donors (Lipinski definition) is 3. The van der Waals surface area contributed by atoms with Crippen LogP contribution in [-0.2, 0) is 0 Å². The van der Waals surface area contributed by atoms with Gasteiger partial charge in [-0.25, -0.2) is 9.18 Å². The maximum Gasteiger partial charge on any atom is 0.335 e. The SMILES string of the molecule is NCC(O)c1cc(F)cc(C(=O)O)c1. The smallest absolute Gasteiger partial charge is 0.335 e. The molecule has 0 saturated heterocycles. The average molecular weight is 199 g/mol. The van der Waals surface area contributed by atoms with Crippen LogP contribution in [0.15, 0.2) is 18.2 Å². The highest BCUT2D eigenvalue weighted by molar-refractivity contribution is 5.87. The number of carboxylic acids is 1. The third-order valence-electron chi connectivity index (χ3n) is 1.78. The lowest BCUT2D eigenvalue weighted by molar-refractivity contribution is 0.0696. The van der Waals surface area contributed by atoms with E-state index in [9.17, 15) is 14.3 Å². The van der Waals surface area contributed by atoms with E-state index in [0.29, 0.717) is 0 Å². The van der Waals surface area contributed by atoms with Crippen molar-refractivity contribution in [2.75, 3.05) is 6.54 Å². The molecule has 0 amide bonds. The van der Waals surface area contributed by atoms with Gasteiger partial charge in [0.15, 0.2) is 0 Å². The minimum Gasteiger partial charge on any atom is -0.478 e. The van der Waals surface area contributed by atoms with Crippen LogP contribution in [0.2, 0.25) is 0 Å². The summed E-state index contributed by atoms with van der Waals surface area (Å²) in [6.45, 7) is -0.0808. The van der Waals surface area contributed by atoms with Crippen LogP contribution in [0, 0.1) is 5.82 Å². The Morgan fingerprint density at radius 1 is 1.50 bits per heavy atom. The van der Waals surface area contributed by atoms with Gasteiger partial charge in [0.1, 0.15) is 5.82 Å². The molecule has 4 nitrogen and oxygen atoms in total. The number of aliphatic hydroxyl groups is 1.